The van der Waals surface area contributed by atoms with Crippen molar-refractivity contribution in [3.05, 3.63) is 23.8 Å². The summed E-state index contributed by atoms with van der Waals surface area (Å²) in [5, 5.41) is 3.23. The maximum absolute atomic E-state index is 10.5. The predicted octanol–water partition coefficient (Wildman–Crippen LogP) is 0.439. The van der Waals surface area contributed by atoms with Crippen molar-refractivity contribution in [2.45, 2.75) is 13.0 Å². The maximum atomic E-state index is 10.5. The van der Waals surface area contributed by atoms with Crippen LogP contribution in [-0.2, 0) is 16.1 Å². The molecule has 3 N–H and O–H groups in total. The molecule has 0 fully saturated rings. The van der Waals surface area contributed by atoms with Crippen LogP contribution in [0.2, 0.25) is 0 Å². The van der Waals surface area contributed by atoms with Crippen molar-refractivity contribution in [2.75, 3.05) is 33.0 Å². The molecule has 1 aliphatic rings. The molecule has 1 aromatic carbocycles. The summed E-state index contributed by atoms with van der Waals surface area (Å²) < 4.78 is 16.4. The van der Waals surface area contributed by atoms with Crippen molar-refractivity contribution in [1.29, 1.82) is 0 Å². The molecule has 0 saturated carbocycles. The summed E-state index contributed by atoms with van der Waals surface area (Å²) in [5.74, 6) is 1.16. The third kappa shape index (κ3) is 4.40. The lowest BCUT2D eigenvalue weighted by molar-refractivity contribution is -0.122. The highest BCUT2D eigenvalue weighted by Gasteiger charge is 2.13. The first-order valence-corrected chi connectivity index (χ1v) is 6.71. The number of rotatable bonds is 7. The average Bonchev–Trinajstić information content (AvgIpc) is 2.68. The van der Waals surface area contributed by atoms with Crippen LogP contribution in [0.4, 0.5) is 0 Å². The first kappa shape index (κ1) is 14.6. The molecule has 2 rings (SSSR count). The van der Waals surface area contributed by atoms with Gasteiger partial charge >= 0.3 is 0 Å². The third-order valence-corrected chi connectivity index (χ3v) is 2.84. The number of fused-ring (bicyclic) bond motifs is 1. The zero-order valence-electron chi connectivity index (χ0n) is 11.4. The van der Waals surface area contributed by atoms with Gasteiger partial charge in [-0.05, 0) is 6.07 Å². The topological polar surface area (TPSA) is 82.8 Å². The number of para-hydroxylation sites is 1. The van der Waals surface area contributed by atoms with E-state index < -0.39 is 5.91 Å². The third-order valence-electron chi connectivity index (χ3n) is 2.84. The Morgan fingerprint density at radius 1 is 1.35 bits per heavy atom. The second-order valence-electron chi connectivity index (χ2n) is 4.49. The van der Waals surface area contributed by atoms with E-state index in [9.17, 15) is 4.79 Å². The van der Waals surface area contributed by atoms with E-state index in [1.807, 2.05) is 18.2 Å². The summed E-state index contributed by atoms with van der Waals surface area (Å²) >= 11 is 0. The summed E-state index contributed by atoms with van der Waals surface area (Å²) in [5.41, 5.74) is 6.03. The monoisotopic (exact) mass is 280 g/mol. The van der Waals surface area contributed by atoms with Gasteiger partial charge in [-0.2, -0.15) is 0 Å². The second-order valence-corrected chi connectivity index (χ2v) is 4.49. The summed E-state index contributed by atoms with van der Waals surface area (Å²) in [6.45, 7) is 3.05. The van der Waals surface area contributed by atoms with Gasteiger partial charge in [0.1, 0.15) is 6.61 Å². The normalized spacial score (nSPS) is 13.8. The number of nitrogens with two attached hydrogens (primary N) is 1. The molecule has 0 radical (unpaired) electrons. The molecule has 0 bridgehead atoms. The Hall–Kier alpha value is -1.79. The van der Waals surface area contributed by atoms with Crippen molar-refractivity contribution in [3.63, 3.8) is 0 Å². The fraction of sp³-hybridized carbons (Fsp3) is 0.500. The molecule has 0 unspecified atom stereocenters. The molecule has 1 aliphatic heterocycles. The van der Waals surface area contributed by atoms with Gasteiger partial charge in [-0.1, -0.05) is 12.1 Å². The van der Waals surface area contributed by atoms with E-state index in [-0.39, 0.29) is 6.61 Å². The van der Waals surface area contributed by atoms with Crippen LogP contribution >= 0.6 is 0 Å². The lowest BCUT2D eigenvalue weighted by atomic mass is 10.2. The van der Waals surface area contributed by atoms with E-state index in [1.165, 1.54) is 0 Å². The zero-order valence-corrected chi connectivity index (χ0v) is 11.4. The average molecular weight is 280 g/mol. The van der Waals surface area contributed by atoms with Gasteiger partial charge in [-0.25, -0.2) is 0 Å². The largest absolute Gasteiger partial charge is 0.490 e. The van der Waals surface area contributed by atoms with Crippen LogP contribution in [0.5, 0.6) is 11.5 Å². The number of nitrogens with one attached hydrogen (secondary N) is 1. The summed E-state index contributed by atoms with van der Waals surface area (Å²) in [6.07, 6.45) is 0.891. The van der Waals surface area contributed by atoms with E-state index in [1.54, 1.807) is 0 Å². The van der Waals surface area contributed by atoms with Crippen molar-refractivity contribution < 1.29 is 19.0 Å². The van der Waals surface area contributed by atoms with Crippen molar-refractivity contribution in [3.8, 4) is 11.5 Å². The van der Waals surface area contributed by atoms with E-state index in [2.05, 4.69) is 5.32 Å². The molecule has 0 aromatic heterocycles. The number of hydrogen-bond acceptors (Lipinski definition) is 5. The van der Waals surface area contributed by atoms with E-state index in [4.69, 9.17) is 19.9 Å². The molecule has 110 valence electrons. The molecule has 0 atom stereocenters. The van der Waals surface area contributed by atoms with E-state index in [0.717, 1.165) is 23.5 Å². The predicted molar refractivity (Wildman–Crippen MR) is 73.8 cm³/mol. The van der Waals surface area contributed by atoms with Gasteiger partial charge in [0, 0.05) is 25.1 Å². The van der Waals surface area contributed by atoms with Gasteiger partial charge in [0.25, 0.3) is 0 Å². The summed E-state index contributed by atoms with van der Waals surface area (Å²) in [7, 11) is 0. The van der Waals surface area contributed by atoms with Gasteiger partial charge in [-0.3, -0.25) is 4.79 Å². The van der Waals surface area contributed by atoms with Crippen molar-refractivity contribution in [2.24, 2.45) is 5.73 Å². The lowest BCUT2D eigenvalue weighted by Gasteiger charge is -2.13. The molecule has 0 aliphatic carbocycles. The first-order valence-electron chi connectivity index (χ1n) is 6.71. The maximum Gasteiger partial charge on any atom is 0.243 e. The number of carbonyl (C=O) groups is 1. The number of primary amides is 1. The minimum atomic E-state index is -0.455. The Bertz CT molecular complexity index is 451. The lowest BCUT2D eigenvalue weighted by Crippen LogP contribution is -2.24. The van der Waals surface area contributed by atoms with Crippen LogP contribution in [0.3, 0.4) is 0 Å². The van der Waals surface area contributed by atoms with Gasteiger partial charge in [0.05, 0.1) is 19.8 Å². The van der Waals surface area contributed by atoms with Crippen LogP contribution in [0.15, 0.2) is 18.2 Å². The molecular weight excluding hydrogens is 260 g/mol. The molecule has 20 heavy (non-hydrogen) atoms. The molecule has 1 heterocycles. The standard InChI is InChI=1S/C14H20N2O4/c15-13(17)10-18-8-5-16-9-11-3-1-4-12-14(11)20-7-2-6-19-12/h1,3-4,16H,2,5-10H2,(H2,15,17). The Labute approximate surface area is 118 Å². The minimum absolute atomic E-state index is 0.0423. The molecule has 6 nitrogen and oxygen atoms in total. The SMILES string of the molecule is NC(=O)COCCNCc1cccc2c1OCCCO2. The molecule has 6 heteroatoms. The quantitative estimate of drug-likeness (QED) is 0.708. The van der Waals surface area contributed by atoms with Crippen LogP contribution in [0.25, 0.3) is 0 Å². The highest BCUT2D eigenvalue weighted by molar-refractivity contribution is 5.74. The Morgan fingerprint density at radius 2 is 2.20 bits per heavy atom. The highest BCUT2D eigenvalue weighted by Crippen LogP contribution is 2.32. The van der Waals surface area contributed by atoms with Crippen LogP contribution < -0.4 is 20.5 Å². The molecule has 1 amide bonds. The summed E-state index contributed by atoms with van der Waals surface area (Å²) in [4.78, 5) is 10.5. The Balaban J connectivity index is 1.79. The van der Waals surface area contributed by atoms with Crippen molar-refractivity contribution >= 4 is 5.91 Å². The van der Waals surface area contributed by atoms with Gasteiger partial charge in [-0.15, -0.1) is 0 Å². The van der Waals surface area contributed by atoms with Crippen LogP contribution in [0, 0.1) is 0 Å². The Morgan fingerprint density at radius 3 is 3.05 bits per heavy atom. The number of hydrogen-bond donors (Lipinski definition) is 2. The number of amides is 1. The van der Waals surface area contributed by atoms with Gasteiger partial charge < -0.3 is 25.3 Å². The second kappa shape index (κ2) is 7.72. The minimum Gasteiger partial charge on any atom is -0.490 e. The van der Waals surface area contributed by atoms with Crippen LogP contribution in [0.1, 0.15) is 12.0 Å². The fourth-order valence-electron chi connectivity index (χ4n) is 1.93. The Kier molecular flexibility index (Phi) is 5.64. The summed E-state index contributed by atoms with van der Waals surface area (Å²) in [6, 6.07) is 5.87. The number of benzene rings is 1. The highest BCUT2D eigenvalue weighted by atomic mass is 16.5. The van der Waals surface area contributed by atoms with E-state index in [0.29, 0.717) is 32.9 Å². The molecule has 0 saturated heterocycles. The molecular formula is C14H20N2O4. The smallest absolute Gasteiger partial charge is 0.243 e. The zero-order chi connectivity index (χ0) is 14.2. The molecule has 0 spiro atoms. The number of carbonyl (C=O) groups excluding carboxylic acids is 1. The fourth-order valence-corrected chi connectivity index (χ4v) is 1.93. The van der Waals surface area contributed by atoms with Crippen LogP contribution in [-0.4, -0.2) is 38.9 Å². The first-order chi connectivity index (χ1) is 9.77. The van der Waals surface area contributed by atoms with Gasteiger partial charge in [0.15, 0.2) is 11.5 Å². The van der Waals surface area contributed by atoms with Gasteiger partial charge in [0.2, 0.25) is 5.91 Å². The van der Waals surface area contributed by atoms with Crippen molar-refractivity contribution in [1.82, 2.24) is 5.32 Å². The molecule has 1 aromatic rings. The number of ether oxygens (including phenoxy) is 3. The van der Waals surface area contributed by atoms with E-state index >= 15 is 0 Å².